The maximum Gasteiger partial charge on any atom is 0.303 e. The summed E-state index contributed by atoms with van der Waals surface area (Å²) >= 11 is 0. The fourth-order valence-electron chi connectivity index (χ4n) is 5.23. The molecule has 0 amide bonds. The number of methoxy groups -OCH3 is 1. The molecule has 1 fully saturated rings. The van der Waals surface area contributed by atoms with E-state index in [-0.39, 0.29) is 18.3 Å². The van der Waals surface area contributed by atoms with E-state index < -0.39 is 12.1 Å². The van der Waals surface area contributed by atoms with Crippen molar-refractivity contribution in [2.75, 3.05) is 26.7 Å². The van der Waals surface area contributed by atoms with Gasteiger partial charge >= 0.3 is 5.97 Å². The highest BCUT2D eigenvalue weighted by Crippen LogP contribution is 2.34. The summed E-state index contributed by atoms with van der Waals surface area (Å²) in [4.78, 5) is 26.8. The Morgan fingerprint density at radius 1 is 1.20 bits per heavy atom. The minimum absolute atomic E-state index is 0.0826. The Bertz CT molecular complexity index is 1110. The van der Waals surface area contributed by atoms with Gasteiger partial charge in [-0.15, -0.1) is 0 Å². The second kappa shape index (κ2) is 12.0. The number of hydrogen-bond donors (Lipinski definition) is 2. The first kappa shape index (κ1) is 25.0. The van der Waals surface area contributed by atoms with E-state index in [4.69, 9.17) is 4.74 Å². The number of benzene rings is 1. The van der Waals surface area contributed by atoms with Crippen molar-refractivity contribution in [1.29, 1.82) is 0 Å². The molecule has 35 heavy (non-hydrogen) atoms. The second-order valence-corrected chi connectivity index (χ2v) is 9.38. The van der Waals surface area contributed by atoms with Gasteiger partial charge in [0.2, 0.25) is 0 Å². The molecule has 3 aromatic rings. The number of likely N-dealkylation sites (tertiary alicyclic amines) is 1. The van der Waals surface area contributed by atoms with Gasteiger partial charge in [-0.05, 0) is 86.9 Å². The number of carboxylic acids is 1. The first-order valence-corrected chi connectivity index (χ1v) is 12.3. The number of aryl methyl sites for hydroxylation is 1. The molecule has 0 saturated carbocycles. The third-order valence-corrected chi connectivity index (χ3v) is 7.09. The topological polar surface area (TPSA) is 109 Å². The average Bonchev–Trinajstić information content (AvgIpc) is 2.87. The van der Waals surface area contributed by atoms with Crippen molar-refractivity contribution >= 4 is 16.9 Å². The van der Waals surface area contributed by atoms with Crippen LogP contribution in [0.4, 0.5) is 0 Å². The summed E-state index contributed by atoms with van der Waals surface area (Å²) in [5.41, 5.74) is 2.64. The summed E-state index contributed by atoms with van der Waals surface area (Å²) in [5.74, 6) is 0.334. The monoisotopic (exact) mass is 478 g/mol. The summed E-state index contributed by atoms with van der Waals surface area (Å²) in [6.45, 7) is 2.66. The van der Waals surface area contributed by atoms with Crippen LogP contribution in [0.3, 0.4) is 0 Å². The van der Waals surface area contributed by atoms with E-state index in [9.17, 15) is 15.0 Å². The van der Waals surface area contributed by atoms with Crippen molar-refractivity contribution in [2.24, 2.45) is 11.8 Å². The van der Waals surface area contributed by atoms with Crippen molar-refractivity contribution in [3.63, 3.8) is 0 Å². The highest BCUT2D eigenvalue weighted by molar-refractivity contribution is 5.83. The Balaban J connectivity index is 1.35. The molecule has 8 heteroatoms. The number of ether oxygens (including phenoxy) is 1. The predicted molar refractivity (Wildman–Crippen MR) is 133 cm³/mol. The van der Waals surface area contributed by atoms with Crippen LogP contribution in [0, 0.1) is 11.8 Å². The Morgan fingerprint density at radius 3 is 2.86 bits per heavy atom. The summed E-state index contributed by atoms with van der Waals surface area (Å²) < 4.78 is 5.35. The van der Waals surface area contributed by atoms with Crippen LogP contribution in [-0.4, -0.2) is 62.8 Å². The molecule has 4 rings (SSSR count). The number of aliphatic carboxylic acids is 1. The van der Waals surface area contributed by atoms with Gasteiger partial charge < -0.3 is 19.8 Å². The molecule has 0 unspecified atom stereocenters. The number of aromatic nitrogens is 3. The highest BCUT2D eigenvalue weighted by Gasteiger charge is 2.31. The lowest BCUT2D eigenvalue weighted by Crippen LogP contribution is -2.42. The van der Waals surface area contributed by atoms with Crippen LogP contribution in [0.1, 0.15) is 49.5 Å². The maximum absolute atomic E-state index is 11.6. The summed E-state index contributed by atoms with van der Waals surface area (Å²) in [6, 6.07) is 7.53. The normalized spacial score (nSPS) is 19.5. The fraction of sp³-hybridized carbons (Fsp3) is 0.481. The molecule has 2 aromatic heterocycles. The van der Waals surface area contributed by atoms with Gasteiger partial charge in [0.05, 0.1) is 24.4 Å². The standard InChI is InChI=1S/C27H34N4O4/c1-35-22-5-6-25-24(16-22)23(8-10-30-25)26(32)7-4-19-9-14-31(18-20(19)15-27(33)34)13-2-3-21-17-28-11-12-29-21/h5-6,8,10-12,16-17,19-20,26,32H,2-4,7,9,13-15,18H2,1H3,(H,33,34)/t19-,20+,26+/m1/s1. The SMILES string of the molecule is COc1ccc2nccc([C@@H](O)CC[C@@H]3CCN(CCCc4cnccn4)C[C@@H]3CC(=O)O)c2c1. The van der Waals surface area contributed by atoms with Gasteiger partial charge in [0.25, 0.3) is 0 Å². The maximum atomic E-state index is 11.6. The lowest BCUT2D eigenvalue weighted by molar-refractivity contribution is -0.139. The predicted octanol–water partition coefficient (Wildman–Crippen LogP) is 3.89. The van der Waals surface area contributed by atoms with Gasteiger partial charge in [0, 0.05) is 43.1 Å². The molecule has 1 aromatic carbocycles. The number of hydrogen-bond acceptors (Lipinski definition) is 7. The lowest BCUT2D eigenvalue weighted by Gasteiger charge is -2.38. The number of fused-ring (bicyclic) bond motifs is 1. The third-order valence-electron chi connectivity index (χ3n) is 7.09. The van der Waals surface area contributed by atoms with Gasteiger partial charge in [-0.3, -0.25) is 19.7 Å². The van der Waals surface area contributed by atoms with Gasteiger partial charge in [-0.1, -0.05) is 0 Å². The molecule has 1 aliphatic rings. The third kappa shape index (κ3) is 6.74. The molecular formula is C27H34N4O4. The molecule has 0 radical (unpaired) electrons. The number of nitrogens with zero attached hydrogens (tertiary/aromatic N) is 4. The molecule has 3 atom stereocenters. The zero-order valence-corrected chi connectivity index (χ0v) is 20.2. The van der Waals surface area contributed by atoms with Crippen LogP contribution in [0.15, 0.2) is 49.1 Å². The van der Waals surface area contributed by atoms with E-state index in [0.717, 1.165) is 73.2 Å². The molecule has 1 aliphatic heterocycles. The largest absolute Gasteiger partial charge is 0.497 e. The zero-order valence-electron chi connectivity index (χ0n) is 20.2. The van der Waals surface area contributed by atoms with Crippen molar-refractivity contribution in [3.8, 4) is 5.75 Å². The van der Waals surface area contributed by atoms with E-state index >= 15 is 0 Å². The van der Waals surface area contributed by atoms with Crippen LogP contribution in [0.2, 0.25) is 0 Å². The molecule has 0 aliphatic carbocycles. The molecule has 8 nitrogen and oxygen atoms in total. The van der Waals surface area contributed by atoms with E-state index in [1.807, 2.05) is 24.3 Å². The number of carboxylic acid groups (broad SMARTS) is 1. The van der Waals surface area contributed by atoms with E-state index in [2.05, 4.69) is 19.9 Å². The van der Waals surface area contributed by atoms with Crippen molar-refractivity contribution in [1.82, 2.24) is 19.9 Å². The van der Waals surface area contributed by atoms with Crippen LogP contribution >= 0.6 is 0 Å². The summed E-state index contributed by atoms with van der Waals surface area (Å²) in [7, 11) is 1.62. The number of aliphatic hydroxyl groups excluding tert-OH is 1. The number of rotatable bonds is 11. The van der Waals surface area contributed by atoms with E-state index in [1.54, 1.807) is 31.9 Å². The van der Waals surface area contributed by atoms with E-state index in [1.165, 1.54) is 0 Å². The molecule has 0 spiro atoms. The lowest BCUT2D eigenvalue weighted by atomic mass is 9.79. The smallest absolute Gasteiger partial charge is 0.303 e. The number of aliphatic hydroxyl groups is 1. The minimum atomic E-state index is -0.755. The minimum Gasteiger partial charge on any atom is -0.497 e. The average molecular weight is 479 g/mol. The molecular weight excluding hydrogens is 444 g/mol. The number of piperidine rings is 1. The number of pyridine rings is 1. The number of carbonyl (C=O) groups is 1. The van der Waals surface area contributed by atoms with E-state index in [0.29, 0.717) is 6.42 Å². The summed E-state index contributed by atoms with van der Waals surface area (Å²) in [6.07, 6.45) is 10.6. The van der Waals surface area contributed by atoms with Gasteiger partial charge in [-0.25, -0.2) is 0 Å². The van der Waals surface area contributed by atoms with Crippen molar-refractivity contribution in [3.05, 3.63) is 60.3 Å². The Labute approximate surface area is 206 Å². The van der Waals surface area contributed by atoms with Crippen LogP contribution in [0.25, 0.3) is 10.9 Å². The Hall–Kier alpha value is -3.10. The first-order valence-electron chi connectivity index (χ1n) is 12.3. The Morgan fingerprint density at radius 2 is 2.09 bits per heavy atom. The van der Waals surface area contributed by atoms with Crippen LogP contribution in [-0.2, 0) is 11.2 Å². The molecule has 1 saturated heterocycles. The van der Waals surface area contributed by atoms with Crippen LogP contribution in [0.5, 0.6) is 5.75 Å². The first-order chi connectivity index (χ1) is 17.0. The quantitative estimate of drug-likeness (QED) is 0.427. The Kier molecular flexibility index (Phi) is 8.60. The van der Waals surface area contributed by atoms with Gasteiger partial charge in [-0.2, -0.15) is 0 Å². The molecule has 3 heterocycles. The zero-order chi connectivity index (χ0) is 24.6. The molecule has 0 bridgehead atoms. The van der Waals surface area contributed by atoms with Crippen LogP contribution < -0.4 is 4.74 Å². The second-order valence-electron chi connectivity index (χ2n) is 9.38. The summed E-state index contributed by atoms with van der Waals surface area (Å²) in [5, 5.41) is 21.5. The van der Waals surface area contributed by atoms with Gasteiger partial charge in [0.15, 0.2) is 0 Å². The van der Waals surface area contributed by atoms with Crippen molar-refractivity contribution in [2.45, 2.75) is 44.6 Å². The molecule has 186 valence electrons. The van der Waals surface area contributed by atoms with Crippen molar-refractivity contribution < 1.29 is 19.7 Å². The molecule has 2 N–H and O–H groups in total. The fourth-order valence-corrected chi connectivity index (χ4v) is 5.23. The highest BCUT2D eigenvalue weighted by atomic mass is 16.5. The van der Waals surface area contributed by atoms with Gasteiger partial charge in [0.1, 0.15) is 5.75 Å².